The molecule has 4 heterocycles. The van der Waals surface area contributed by atoms with E-state index in [1.807, 2.05) is 11.0 Å². The molecule has 9 heteroatoms. The van der Waals surface area contributed by atoms with Crippen LogP contribution in [0.5, 0.6) is 0 Å². The molecule has 3 aromatic rings. The molecule has 144 valence electrons. The molecule has 28 heavy (non-hydrogen) atoms. The molecule has 0 fully saturated rings. The van der Waals surface area contributed by atoms with Gasteiger partial charge in [0.25, 0.3) is 5.56 Å². The molecule has 3 aromatic heterocycles. The van der Waals surface area contributed by atoms with Gasteiger partial charge in [0.05, 0.1) is 5.69 Å². The fourth-order valence-electron chi connectivity index (χ4n) is 3.21. The first-order valence-corrected chi connectivity index (χ1v) is 8.67. The van der Waals surface area contributed by atoms with Crippen molar-refractivity contribution < 1.29 is 13.2 Å². The van der Waals surface area contributed by atoms with Crippen LogP contribution in [0.15, 0.2) is 47.7 Å². The highest BCUT2D eigenvalue weighted by atomic mass is 19.4. The summed E-state index contributed by atoms with van der Waals surface area (Å²) in [5.74, 6) is 0.454. The van der Waals surface area contributed by atoms with Gasteiger partial charge in [-0.2, -0.15) is 13.2 Å². The zero-order valence-electron chi connectivity index (χ0n) is 14.7. The summed E-state index contributed by atoms with van der Waals surface area (Å²) in [6, 6.07) is 5.99. The molecule has 0 bridgehead atoms. The van der Waals surface area contributed by atoms with Crippen molar-refractivity contribution in [3.8, 4) is 11.4 Å². The van der Waals surface area contributed by atoms with E-state index in [1.54, 1.807) is 18.5 Å². The predicted molar refractivity (Wildman–Crippen MR) is 95.1 cm³/mol. The Bertz CT molecular complexity index is 1030. The first-order chi connectivity index (χ1) is 13.4. The largest absolute Gasteiger partial charge is 0.433 e. The van der Waals surface area contributed by atoms with Crippen molar-refractivity contribution in [1.82, 2.24) is 24.8 Å². The van der Waals surface area contributed by atoms with Gasteiger partial charge in [-0.25, -0.2) is 4.98 Å². The fourth-order valence-corrected chi connectivity index (χ4v) is 3.21. The van der Waals surface area contributed by atoms with Crippen LogP contribution in [-0.4, -0.2) is 31.4 Å². The van der Waals surface area contributed by atoms with Gasteiger partial charge in [-0.15, -0.1) is 0 Å². The molecule has 1 aliphatic rings. The highest BCUT2D eigenvalue weighted by Gasteiger charge is 2.32. The smallest absolute Gasteiger partial charge is 0.306 e. The predicted octanol–water partition coefficient (Wildman–Crippen LogP) is 2.80. The molecule has 0 saturated carbocycles. The number of H-pyrrole nitrogens is 1. The van der Waals surface area contributed by atoms with E-state index in [9.17, 15) is 18.0 Å². The van der Waals surface area contributed by atoms with Gasteiger partial charge < -0.3 is 4.98 Å². The maximum Gasteiger partial charge on any atom is 0.433 e. The summed E-state index contributed by atoms with van der Waals surface area (Å²) < 4.78 is 37.9. The number of pyridine rings is 2. The van der Waals surface area contributed by atoms with Gasteiger partial charge in [0.2, 0.25) is 0 Å². The molecule has 4 rings (SSSR count). The Morgan fingerprint density at radius 3 is 2.71 bits per heavy atom. The molecular weight excluding hydrogens is 371 g/mol. The maximum absolute atomic E-state index is 12.6. The van der Waals surface area contributed by atoms with Crippen LogP contribution in [0, 0.1) is 0 Å². The highest BCUT2D eigenvalue weighted by molar-refractivity contribution is 5.53. The second-order valence-electron chi connectivity index (χ2n) is 6.59. The summed E-state index contributed by atoms with van der Waals surface area (Å²) in [7, 11) is 0. The lowest BCUT2D eigenvalue weighted by Crippen LogP contribution is -2.35. The Balaban J connectivity index is 1.54. The lowest BCUT2D eigenvalue weighted by atomic mass is 10.1. The molecule has 0 aromatic carbocycles. The number of nitrogens with zero attached hydrogens (tertiary/aromatic N) is 4. The van der Waals surface area contributed by atoms with Gasteiger partial charge >= 0.3 is 6.18 Å². The number of hydrogen-bond donors (Lipinski definition) is 1. The molecule has 0 amide bonds. The lowest BCUT2D eigenvalue weighted by molar-refractivity contribution is -0.141. The van der Waals surface area contributed by atoms with Crippen LogP contribution in [-0.2, 0) is 25.7 Å². The molecule has 0 spiro atoms. The zero-order chi connectivity index (χ0) is 19.7. The summed E-state index contributed by atoms with van der Waals surface area (Å²) >= 11 is 0. The van der Waals surface area contributed by atoms with Crippen molar-refractivity contribution in [2.45, 2.75) is 25.7 Å². The van der Waals surface area contributed by atoms with Crippen LogP contribution in [0.25, 0.3) is 11.4 Å². The average Bonchev–Trinajstić information content (AvgIpc) is 2.68. The fraction of sp³-hybridized carbons (Fsp3) is 0.263. The number of hydrogen-bond acceptors (Lipinski definition) is 5. The van der Waals surface area contributed by atoms with Gasteiger partial charge in [0.1, 0.15) is 11.5 Å². The van der Waals surface area contributed by atoms with Crippen molar-refractivity contribution in [2.75, 3.05) is 6.54 Å². The molecule has 0 unspecified atom stereocenters. The van der Waals surface area contributed by atoms with Crippen LogP contribution < -0.4 is 5.56 Å². The Morgan fingerprint density at radius 1 is 1.18 bits per heavy atom. The summed E-state index contributed by atoms with van der Waals surface area (Å²) in [6.45, 7) is 1.49. The maximum atomic E-state index is 12.6. The SMILES string of the molecule is O=c1[nH]c(-c2cccnc2)nc2c1CCN(Cc1ccc(C(F)(F)F)nc1)C2. The van der Waals surface area contributed by atoms with Gasteiger partial charge in [-0.05, 0) is 30.2 Å². The van der Waals surface area contributed by atoms with Crippen molar-refractivity contribution in [2.24, 2.45) is 0 Å². The van der Waals surface area contributed by atoms with E-state index >= 15 is 0 Å². The third-order valence-electron chi connectivity index (χ3n) is 4.61. The normalized spacial score (nSPS) is 14.7. The number of halogens is 3. The monoisotopic (exact) mass is 387 g/mol. The topological polar surface area (TPSA) is 74.8 Å². The molecule has 0 atom stereocenters. The Hall–Kier alpha value is -3.07. The third-order valence-corrected chi connectivity index (χ3v) is 4.61. The Morgan fingerprint density at radius 2 is 2.04 bits per heavy atom. The number of fused-ring (bicyclic) bond motifs is 1. The number of alkyl halides is 3. The lowest BCUT2D eigenvalue weighted by Gasteiger charge is -2.27. The molecule has 0 aliphatic carbocycles. The van der Waals surface area contributed by atoms with Crippen molar-refractivity contribution in [3.05, 3.63) is 75.7 Å². The minimum absolute atomic E-state index is 0.167. The minimum atomic E-state index is -4.45. The molecular formula is C19H16F3N5O. The van der Waals surface area contributed by atoms with Crippen LogP contribution >= 0.6 is 0 Å². The van der Waals surface area contributed by atoms with Gasteiger partial charge in [0.15, 0.2) is 0 Å². The van der Waals surface area contributed by atoms with Crippen molar-refractivity contribution in [1.29, 1.82) is 0 Å². The van der Waals surface area contributed by atoms with Crippen molar-refractivity contribution in [3.63, 3.8) is 0 Å². The summed E-state index contributed by atoms with van der Waals surface area (Å²) in [5, 5.41) is 0. The second-order valence-corrected chi connectivity index (χ2v) is 6.59. The van der Waals surface area contributed by atoms with Crippen LogP contribution in [0.3, 0.4) is 0 Å². The summed E-state index contributed by atoms with van der Waals surface area (Å²) in [4.78, 5) is 29.3. The molecule has 1 N–H and O–H groups in total. The number of rotatable bonds is 3. The quantitative estimate of drug-likeness (QED) is 0.748. The van der Waals surface area contributed by atoms with Crippen LogP contribution in [0.2, 0.25) is 0 Å². The molecule has 6 nitrogen and oxygen atoms in total. The molecule has 0 radical (unpaired) electrons. The Labute approximate surface area is 158 Å². The standard InChI is InChI=1S/C19H16F3N5O/c20-19(21,22)16-4-3-12(8-24-16)10-27-7-5-14-15(11-27)25-17(26-18(14)28)13-2-1-6-23-9-13/h1-4,6,8-9H,5,7,10-11H2,(H,25,26,28). The summed E-state index contributed by atoms with van der Waals surface area (Å²) in [5.41, 5.74) is 1.64. The van der Waals surface area contributed by atoms with E-state index in [1.165, 1.54) is 12.3 Å². The highest BCUT2D eigenvalue weighted by Crippen LogP contribution is 2.27. The zero-order valence-corrected chi connectivity index (χ0v) is 14.7. The van der Waals surface area contributed by atoms with E-state index in [0.717, 1.165) is 6.07 Å². The first-order valence-electron chi connectivity index (χ1n) is 8.67. The first kappa shape index (κ1) is 18.3. The second kappa shape index (κ2) is 7.16. The molecule has 1 aliphatic heterocycles. The van der Waals surface area contributed by atoms with Gasteiger partial charge in [0, 0.05) is 49.4 Å². The third kappa shape index (κ3) is 3.79. The average molecular weight is 387 g/mol. The van der Waals surface area contributed by atoms with Crippen LogP contribution in [0.1, 0.15) is 22.5 Å². The Kier molecular flexibility index (Phi) is 4.68. The number of aromatic amines is 1. The molecule has 0 saturated heterocycles. The number of nitrogens with one attached hydrogen (secondary N) is 1. The van der Waals surface area contributed by atoms with E-state index in [2.05, 4.69) is 19.9 Å². The van der Waals surface area contributed by atoms with Gasteiger partial charge in [-0.1, -0.05) is 6.07 Å². The van der Waals surface area contributed by atoms with Gasteiger partial charge in [-0.3, -0.25) is 19.7 Å². The van der Waals surface area contributed by atoms with E-state index < -0.39 is 11.9 Å². The van der Waals surface area contributed by atoms with E-state index in [0.29, 0.717) is 54.3 Å². The van der Waals surface area contributed by atoms with Crippen molar-refractivity contribution >= 4 is 0 Å². The number of aromatic nitrogens is 4. The van der Waals surface area contributed by atoms with Crippen LogP contribution in [0.4, 0.5) is 13.2 Å². The van der Waals surface area contributed by atoms with E-state index in [4.69, 9.17) is 0 Å². The minimum Gasteiger partial charge on any atom is -0.306 e. The summed E-state index contributed by atoms with van der Waals surface area (Å²) in [6.07, 6.45) is 0.582. The van der Waals surface area contributed by atoms with E-state index in [-0.39, 0.29) is 5.56 Å².